The second-order valence-corrected chi connectivity index (χ2v) is 5.90. The van der Waals surface area contributed by atoms with Gasteiger partial charge in [-0.1, -0.05) is 42.5 Å². The topological polar surface area (TPSA) is 87.2 Å². The lowest BCUT2D eigenvalue weighted by atomic mass is 10.0. The largest absolute Gasteiger partial charge is 0.496 e. The van der Waals surface area contributed by atoms with Crippen LogP contribution in [0.15, 0.2) is 60.8 Å². The van der Waals surface area contributed by atoms with Gasteiger partial charge in [0.25, 0.3) is 5.91 Å². The number of ether oxygens (including phenoxy) is 1. The van der Waals surface area contributed by atoms with Gasteiger partial charge in [-0.3, -0.25) is 9.89 Å². The Hall–Kier alpha value is -3.12. The molecule has 0 unspecified atom stereocenters. The number of carbonyl (C=O) groups excluding carboxylic acids is 1. The third-order valence-corrected chi connectivity index (χ3v) is 4.14. The number of hydrogen-bond acceptors (Lipinski definition) is 4. The number of methoxy groups -OCH3 is 1. The first-order valence-electron chi connectivity index (χ1n) is 8.35. The Morgan fingerprint density at radius 1 is 1.19 bits per heavy atom. The number of rotatable bonds is 7. The van der Waals surface area contributed by atoms with Crippen molar-refractivity contribution in [3.05, 3.63) is 71.9 Å². The molecule has 3 aromatic rings. The molecule has 26 heavy (non-hydrogen) atoms. The molecule has 1 amide bonds. The summed E-state index contributed by atoms with van der Waals surface area (Å²) >= 11 is 0. The minimum Gasteiger partial charge on any atom is -0.496 e. The number of benzene rings is 2. The monoisotopic (exact) mass is 351 g/mol. The highest BCUT2D eigenvalue weighted by Gasteiger charge is 2.20. The summed E-state index contributed by atoms with van der Waals surface area (Å²) in [4.78, 5) is 12.7. The molecule has 1 atom stereocenters. The van der Waals surface area contributed by atoms with Crippen LogP contribution in [-0.4, -0.2) is 41.0 Å². The average molecular weight is 351 g/mol. The first-order chi connectivity index (χ1) is 12.7. The number of amides is 1. The summed E-state index contributed by atoms with van der Waals surface area (Å²) in [7, 11) is 1.58. The SMILES string of the molecule is COc1ccccc1-c1[nH]ncc1C(=O)N[C@@H](CO)Cc1ccccc1. The minimum absolute atomic E-state index is 0.150. The highest BCUT2D eigenvalue weighted by molar-refractivity contribution is 6.00. The maximum absolute atomic E-state index is 12.7. The molecule has 0 bridgehead atoms. The van der Waals surface area contributed by atoms with Crippen LogP contribution in [0.4, 0.5) is 0 Å². The fraction of sp³-hybridized carbons (Fsp3) is 0.200. The number of para-hydroxylation sites is 1. The normalized spacial score (nSPS) is 11.8. The van der Waals surface area contributed by atoms with Crippen molar-refractivity contribution in [2.75, 3.05) is 13.7 Å². The molecule has 6 heteroatoms. The van der Waals surface area contributed by atoms with Crippen LogP contribution in [0.2, 0.25) is 0 Å². The lowest BCUT2D eigenvalue weighted by Crippen LogP contribution is -2.39. The quantitative estimate of drug-likeness (QED) is 0.610. The molecule has 0 aliphatic rings. The second-order valence-electron chi connectivity index (χ2n) is 5.90. The van der Waals surface area contributed by atoms with E-state index >= 15 is 0 Å². The summed E-state index contributed by atoms with van der Waals surface area (Å²) in [5.74, 6) is 0.350. The number of carbonyl (C=O) groups is 1. The molecule has 0 spiro atoms. The summed E-state index contributed by atoms with van der Waals surface area (Å²) in [6, 6.07) is 16.8. The van der Waals surface area contributed by atoms with Crippen LogP contribution in [0.25, 0.3) is 11.3 Å². The van der Waals surface area contributed by atoms with Crippen molar-refractivity contribution < 1.29 is 14.6 Å². The van der Waals surface area contributed by atoms with E-state index in [0.717, 1.165) is 11.1 Å². The van der Waals surface area contributed by atoms with Gasteiger partial charge >= 0.3 is 0 Å². The van der Waals surface area contributed by atoms with Gasteiger partial charge < -0.3 is 15.2 Å². The standard InChI is InChI=1S/C20H21N3O3/c1-26-18-10-6-5-9-16(18)19-17(12-21-23-19)20(25)22-15(13-24)11-14-7-3-2-4-8-14/h2-10,12,15,24H,11,13H2,1H3,(H,21,23)(H,22,25)/t15-/m1/s1. The van der Waals surface area contributed by atoms with Crippen molar-refractivity contribution in [2.45, 2.75) is 12.5 Å². The predicted molar refractivity (Wildman–Crippen MR) is 99.1 cm³/mol. The van der Waals surface area contributed by atoms with Gasteiger partial charge in [0.15, 0.2) is 0 Å². The van der Waals surface area contributed by atoms with Crippen LogP contribution in [0.1, 0.15) is 15.9 Å². The van der Waals surface area contributed by atoms with E-state index in [0.29, 0.717) is 23.4 Å². The molecule has 0 radical (unpaired) electrons. The van der Waals surface area contributed by atoms with E-state index in [-0.39, 0.29) is 18.6 Å². The van der Waals surface area contributed by atoms with Gasteiger partial charge in [0.05, 0.1) is 37.2 Å². The van der Waals surface area contributed by atoms with E-state index in [1.807, 2.05) is 54.6 Å². The van der Waals surface area contributed by atoms with Crippen molar-refractivity contribution in [1.82, 2.24) is 15.5 Å². The number of H-pyrrole nitrogens is 1. The van der Waals surface area contributed by atoms with Crippen molar-refractivity contribution in [3.8, 4) is 17.0 Å². The molecule has 2 aromatic carbocycles. The van der Waals surface area contributed by atoms with Crippen LogP contribution in [0, 0.1) is 0 Å². The summed E-state index contributed by atoms with van der Waals surface area (Å²) in [6.07, 6.45) is 2.03. The van der Waals surface area contributed by atoms with Crippen LogP contribution in [0.3, 0.4) is 0 Å². The summed E-state index contributed by atoms with van der Waals surface area (Å²) in [6.45, 7) is -0.150. The van der Waals surface area contributed by atoms with E-state index in [1.54, 1.807) is 7.11 Å². The molecule has 0 aliphatic heterocycles. The fourth-order valence-corrected chi connectivity index (χ4v) is 2.84. The maximum Gasteiger partial charge on any atom is 0.255 e. The molecule has 0 aliphatic carbocycles. The first-order valence-corrected chi connectivity index (χ1v) is 8.35. The molecule has 0 saturated heterocycles. The van der Waals surface area contributed by atoms with Gasteiger partial charge in [-0.2, -0.15) is 5.10 Å². The number of aliphatic hydroxyl groups is 1. The van der Waals surface area contributed by atoms with Gasteiger partial charge in [0, 0.05) is 5.56 Å². The van der Waals surface area contributed by atoms with Crippen LogP contribution < -0.4 is 10.1 Å². The zero-order chi connectivity index (χ0) is 18.4. The molecule has 0 saturated carbocycles. The highest BCUT2D eigenvalue weighted by atomic mass is 16.5. The van der Waals surface area contributed by atoms with Gasteiger partial charge in [-0.05, 0) is 24.1 Å². The summed E-state index contributed by atoms with van der Waals surface area (Å²) < 4.78 is 5.37. The van der Waals surface area contributed by atoms with Crippen molar-refractivity contribution in [1.29, 1.82) is 0 Å². The van der Waals surface area contributed by atoms with E-state index in [4.69, 9.17) is 4.74 Å². The Balaban J connectivity index is 1.79. The Morgan fingerprint density at radius 3 is 2.65 bits per heavy atom. The number of aliphatic hydroxyl groups excluding tert-OH is 1. The minimum atomic E-state index is -0.384. The number of aromatic amines is 1. The van der Waals surface area contributed by atoms with Gasteiger partial charge in [0.2, 0.25) is 0 Å². The highest BCUT2D eigenvalue weighted by Crippen LogP contribution is 2.30. The third-order valence-electron chi connectivity index (χ3n) is 4.14. The molecule has 1 heterocycles. The smallest absolute Gasteiger partial charge is 0.255 e. The first kappa shape index (κ1) is 17.7. The van der Waals surface area contributed by atoms with Crippen LogP contribution >= 0.6 is 0 Å². The lowest BCUT2D eigenvalue weighted by molar-refractivity contribution is 0.0917. The number of nitrogens with zero attached hydrogens (tertiary/aromatic N) is 1. The molecular formula is C20H21N3O3. The second kappa shape index (κ2) is 8.31. The van der Waals surface area contributed by atoms with Crippen LogP contribution in [0.5, 0.6) is 5.75 Å². The predicted octanol–water partition coefficient (Wildman–Crippen LogP) is 2.42. The number of nitrogens with one attached hydrogen (secondary N) is 2. The van der Waals surface area contributed by atoms with E-state index < -0.39 is 0 Å². The van der Waals surface area contributed by atoms with Crippen LogP contribution in [-0.2, 0) is 6.42 Å². The Kier molecular flexibility index (Phi) is 5.66. The fourth-order valence-electron chi connectivity index (χ4n) is 2.84. The molecule has 134 valence electrons. The Labute approximate surface area is 151 Å². The zero-order valence-electron chi connectivity index (χ0n) is 14.5. The van der Waals surface area contributed by atoms with Gasteiger partial charge in [-0.15, -0.1) is 0 Å². The van der Waals surface area contributed by atoms with Crippen molar-refractivity contribution in [2.24, 2.45) is 0 Å². The average Bonchev–Trinajstić information content (AvgIpc) is 3.18. The molecular weight excluding hydrogens is 330 g/mol. The molecule has 6 nitrogen and oxygen atoms in total. The maximum atomic E-state index is 12.7. The molecule has 0 fully saturated rings. The Bertz CT molecular complexity index is 862. The van der Waals surface area contributed by atoms with Crippen molar-refractivity contribution >= 4 is 5.91 Å². The van der Waals surface area contributed by atoms with Crippen molar-refractivity contribution in [3.63, 3.8) is 0 Å². The van der Waals surface area contributed by atoms with E-state index in [2.05, 4.69) is 15.5 Å². The molecule has 3 rings (SSSR count). The number of aromatic nitrogens is 2. The molecule has 1 aromatic heterocycles. The molecule has 3 N–H and O–H groups in total. The summed E-state index contributed by atoms with van der Waals surface area (Å²) in [5, 5.41) is 19.4. The third kappa shape index (κ3) is 3.92. The van der Waals surface area contributed by atoms with E-state index in [1.165, 1.54) is 6.20 Å². The Morgan fingerprint density at radius 2 is 1.92 bits per heavy atom. The lowest BCUT2D eigenvalue weighted by Gasteiger charge is -2.16. The summed E-state index contributed by atoms with van der Waals surface area (Å²) in [5.41, 5.74) is 2.78. The number of hydrogen-bond donors (Lipinski definition) is 3. The van der Waals surface area contributed by atoms with Gasteiger partial charge in [-0.25, -0.2) is 0 Å². The van der Waals surface area contributed by atoms with E-state index in [9.17, 15) is 9.90 Å². The zero-order valence-corrected chi connectivity index (χ0v) is 14.5. The van der Waals surface area contributed by atoms with Gasteiger partial charge in [0.1, 0.15) is 5.75 Å².